The van der Waals surface area contributed by atoms with Crippen LogP contribution in [0.2, 0.25) is 0 Å². The van der Waals surface area contributed by atoms with Gasteiger partial charge in [-0.05, 0) is 18.1 Å². The Labute approximate surface area is 226 Å². The molecular weight excluding hydrogens is 532 g/mol. The number of carboxylic acids is 3. The Bertz CT molecular complexity index is 1290. The fourth-order valence-corrected chi connectivity index (χ4v) is 3.75. The standard InChI is InChI=1S/C24H30N6O10/c25-13(5-6-19(32)33)21(36)28-16(8-18(26)31)23(38)29-15(22(37)30-17(24(39)40)9-20(34)35)7-11-10-27-14-4-2-1-3-12(11)14/h1-4,10,13,15-17,27H,5-9,25H2,(H2,26,31)(H,28,36)(H,29,38)(H,30,37)(H,32,33)(H,34,35)(H,39,40). The van der Waals surface area contributed by atoms with Crippen LogP contribution >= 0.6 is 0 Å². The molecule has 2 aromatic rings. The molecule has 0 radical (unpaired) electrons. The minimum atomic E-state index is -1.82. The molecule has 4 amide bonds. The van der Waals surface area contributed by atoms with E-state index in [1.807, 2.05) is 0 Å². The molecular formula is C24H30N6O10. The van der Waals surface area contributed by atoms with Crippen LogP contribution in [0.15, 0.2) is 30.5 Å². The minimum absolute atomic E-state index is 0.198. The quantitative estimate of drug-likeness (QED) is 0.106. The zero-order valence-electron chi connectivity index (χ0n) is 21.1. The number of para-hydroxylation sites is 1. The topological polar surface area (TPSA) is 284 Å². The molecule has 0 aliphatic rings. The number of hydrogen-bond acceptors (Lipinski definition) is 8. The number of fused-ring (bicyclic) bond motifs is 1. The lowest BCUT2D eigenvalue weighted by atomic mass is 10.0. The van der Waals surface area contributed by atoms with Crippen molar-refractivity contribution < 1.29 is 48.9 Å². The molecule has 1 heterocycles. The number of aliphatic carboxylic acids is 3. The van der Waals surface area contributed by atoms with Crippen LogP contribution in [0.5, 0.6) is 0 Å². The molecule has 0 aliphatic carbocycles. The van der Waals surface area contributed by atoms with Gasteiger partial charge in [0, 0.05) is 29.9 Å². The van der Waals surface area contributed by atoms with E-state index in [4.69, 9.17) is 21.7 Å². The fraction of sp³-hybridized carbons (Fsp3) is 0.375. The number of aromatic nitrogens is 1. The molecule has 40 heavy (non-hydrogen) atoms. The Kier molecular flexibility index (Phi) is 11.1. The van der Waals surface area contributed by atoms with Crippen molar-refractivity contribution in [2.45, 2.75) is 56.3 Å². The zero-order valence-corrected chi connectivity index (χ0v) is 21.1. The van der Waals surface area contributed by atoms with Crippen LogP contribution in [-0.2, 0) is 40.0 Å². The monoisotopic (exact) mass is 562 g/mol. The number of carbonyl (C=O) groups excluding carboxylic acids is 4. The summed E-state index contributed by atoms with van der Waals surface area (Å²) < 4.78 is 0. The number of amides is 4. The molecule has 16 heteroatoms. The van der Waals surface area contributed by atoms with Gasteiger partial charge in [0.1, 0.15) is 18.1 Å². The number of primary amides is 1. The van der Waals surface area contributed by atoms with Crippen LogP contribution < -0.4 is 27.4 Å². The van der Waals surface area contributed by atoms with Gasteiger partial charge in [-0.1, -0.05) is 18.2 Å². The van der Waals surface area contributed by atoms with Gasteiger partial charge in [0.05, 0.1) is 18.9 Å². The predicted octanol–water partition coefficient (Wildman–Crippen LogP) is -2.21. The summed E-state index contributed by atoms with van der Waals surface area (Å²) in [4.78, 5) is 86.6. The van der Waals surface area contributed by atoms with Crippen LogP contribution in [0.4, 0.5) is 0 Å². The van der Waals surface area contributed by atoms with Gasteiger partial charge < -0.3 is 47.7 Å². The third kappa shape index (κ3) is 9.39. The lowest BCUT2D eigenvalue weighted by molar-refractivity contribution is -0.147. The zero-order chi connectivity index (χ0) is 30.0. The number of hydrogen-bond donors (Lipinski definition) is 9. The third-order valence-electron chi connectivity index (χ3n) is 5.77. The van der Waals surface area contributed by atoms with Crippen LogP contribution in [0.3, 0.4) is 0 Å². The third-order valence-corrected chi connectivity index (χ3v) is 5.77. The van der Waals surface area contributed by atoms with E-state index >= 15 is 0 Å². The van der Waals surface area contributed by atoms with Crippen molar-refractivity contribution in [1.29, 1.82) is 0 Å². The number of carboxylic acid groups (broad SMARTS) is 3. The molecule has 16 nitrogen and oxygen atoms in total. The van der Waals surface area contributed by atoms with Crippen molar-refractivity contribution in [2.75, 3.05) is 0 Å². The number of rotatable bonds is 16. The van der Waals surface area contributed by atoms with Gasteiger partial charge >= 0.3 is 17.9 Å². The Hall–Kier alpha value is -4.99. The number of benzene rings is 1. The molecule has 0 bridgehead atoms. The number of H-pyrrole nitrogens is 1. The fourth-order valence-electron chi connectivity index (χ4n) is 3.75. The first kappa shape index (κ1) is 31.2. The summed E-state index contributed by atoms with van der Waals surface area (Å²) in [5.74, 6) is -8.37. The SMILES string of the molecule is NC(=O)CC(NC(=O)C(N)CCC(=O)O)C(=O)NC(Cc1c[nH]c2ccccc12)C(=O)NC(CC(=O)O)C(=O)O. The van der Waals surface area contributed by atoms with E-state index in [1.165, 1.54) is 0 Å². The van der Waals surface area contributed by atoms with Gasteiger partial charge in [-0.15, -0.1) is 0 Å². The second-order valence-electron chi connectivity index (χ2n) is 8.89. The molecule has 0 aliphatic heterocycles. The van der Waals surface area contributed by atoms with Crippen molar-refractivity contribution in [3.8, 4) is 0 Å². The first-order chi connectivity index (χ1) is 18.8. The molecule has 0 fully saturated rings. The average molecular weight is 563 g/mol. The largest absolute Gasteiger partial charge is 0.481 e. The normalized spacial score (nSPS) is 13.8. The van der Waals surface area contributed by atoms with Gasteiger partial charge in [-0.3, -0.25) is 28.8 Å². The number of nitrogens with one attached hydrogen (secondary N) is 4. The Balaban J connectivity index is 2.31. The van der Waals surface area contributed by atoms with Gasteiger partial charge in [-0.25, -0.2) is 4.79 Å². The maximum Gasteiger partial charge on any atom is 0.326 e. The smallest absolute Gasteiger partial charge is 0.326 e. The number of carbonyl (C=O) groups is 7. The minimum Gasteiger partial charge on any atom is -0.481 e. The molecule has 1 aromatic carbocycles. The molecule has 1 aromatic heterocycles. The maximum absolute atomic E-state index is 13.1. The van der Waals surface area contributed by atoms with E-state index in [0.29, 0.717) is 16.5 Å². The highest BCUT2D eigenvalue weighted by atomic mass is 16.4. The molecule has 4 unspecified atom stereocenters. The second kappa shape index (κ2) is 14.2. The Morgan fingerprint density at radius 3 is 2.00 bits per heavy atom. The molecule has 2 rings (SSSR count). The second-order valence-corrected chi connectivity index (χ2v) is 8.89. The molecule has 0 spiro atoms. The Morgan fingerprint density at radius 1 is 0.800 bits per heavy atom. The predicted molar refractivity (Wildman–Crippen MR) is 136 cm³/mol. The van der Waals surface area contributed by atoms with Crippen molar-refractivity contribution in [3.63, 3.8) is 0 Å². The van der Waals surface area contributed by atoms with Crippen LogP contribution in [-0.4, -0.2) is 86.0 Å². The molecule has 11 N–H and O–H groups in total. The van der Waals surface area contributed by atoms with Gasteiger partial charge in [0.2, 0.25) is 23.6 Å². The number of nitrogens with two attached hydrogens (primary N) is 2. The lowest BCUT2D eigenvalue weighted by Gasteiger charge is -2.24. The summed E-state index contributed by atoms with van der Waals surface area (Å²) in [6.07, 6.45) is -0.985. The first-order valence-electron chi connectivity index (χ1n) is 11.9. The number of aromatic amines is 1. The summed E-state index contributed by atoms with van der Waals surface area (Å²) in [7, 11) is 0. The van der Waals surface area contributed by atoms with Gasteiger partial charge in [0.15, 0.2) is 0 Å². The van der Waals surface area contributed by atoms with E-state index < -0.39 is 85.0 Å². The van der Waals surface area contributed by atoms with Crippen molar-refractivity contribution >= 4 is 52.4 Å². The molecule has 0 saturated carbocycles. The van der Waals surface area contributed by atoms with E-state index in [2.05, 4.69) is 20.9 Å². The first-order valence-corrected chi connectivity index (χ1v) is 11.9. The van der Waals surface area contributed by atoms with Crippen LogP contribution in [0, 0.1) is 0 Å². The van der Waals surface area contributed by atoms with Gasteiger partial charge in [0.25, 0.3) is 0 Å². The average Bonchev–Trinajstić information content (AvgIpc) is 3.28. The van der Waals surface area contributed by atoms with E-state index in [-0.39, 0.29) is 12.8 Å². The van der Waals surface area contributed by atoms with E-state index in [9.17, 15) is 38.7 Å². The summed E-state index contributed by atoms with van der Waals surface area (Å²) in [5, 5.41) is 34.4. The summed E-state index contributed by atoms with van der Waals surface area (Å²) in [5.41, 5.74) is 12.1. The van der Waals surface area contributed by atoms with Crippen molar-refractivity contribution in [3.05, 3.63) is 36.0 Å². The van der Waals surface area contributed by atoms with E-state index in [1.54, 1.807) is 30.5 Å². The van der Waals surface area contributed by atoms with Crippen molar-refractivity contribution in [1.82, 2.24) is 20.9 Å². The highest BCUT2D eigenvalue weighted by molar-refractivity contribution is 5.97. The van der Waals surface area contributed by atoms with Crippen LogP contribution in [0.25, 0.3) is 10.9 Å². The molecule has 216 valence electrons. The maximum atomic E-state index is 13.1. The lowest BCUT2D eigenvalue weighted by Crippen LogP contribution is -2.58. The van der Waals surface area contributed by atoms with Crippen molar-refractivity contribution in [2.24, 2.45) is 11.5 Å². The Morgan fingerprint density at radius 2 is 1.40 bits per heavy atom. The summed E-state index contributed by atoms with van der Waals surface area (Å²) in [6, 6.07) is 0.715. The highest BCUT2D eigenvalue weighted by Crippen LogP contribution is 2.19. The molecule has 4 atom stereocenters. The van der Waals surface area contributed by atoms with E-state index in [0.717, 1.165) is 0 Å². The molecule has 0 saturated heterocycles. The van der Waals surface area contributed by atoms with Crippen LogP contribution in [0.1, 0.15) is 31.2 Å². The summed E-state index contributed by atoms with van der Waals surface area (Å²) >= 11 is 0. The van der Waals surface area contributed by atoms with Gasteiger partial charge in [-0.2, -0.15) is 0 Å². The summed E-state index contributed by atoms with van der Waals surface area (Å²) in [6.45, 7) is 0. The highest BCUT2D eigenvalue weighted by Gasteiger charge is 2.32.